The molecule has 3 nitrogen and oxygen atoms in total. The van der Waals surface area contributed by atoms with E-state index in [1.54, 1.807) is 0 Å². The van der Waals surface area contributed by atoms with Crippen LogP contribution in [0.3, 0.4) is 0 Å². The molecule has 0 amide bonds. The summed E-state index contributed by atoms with van der Waals surface area (Å²) in [7, 11) is 1.27. The third-order valence-corrected chi connectivity index (χ3v) is 6.56. The zero-order valence-electron chi connectivity index (χ0n) is 11.7. The highest BCUT2D eigenvalue weighted by Crippen LogP contribution is 2.28. The molecule has 2 rings (SSSR count). The van der Waals surface area contributed by atoms with Crippen molar-refractivity contribution < 1.29 is 8.95 Å². The molecule has 0 aromatic heterocycles. The number of hydrogen-bond donors (Lipinski definition) is 1. The van der Waals surface area contributed by atoms with Gasteiger partial charge in [-0.2, -0.15) is 0 Å². The van der Waals surface area contributed by atoms with Crippen LogP contribution in [-0.4, -0.2) is 41.0 Å². The molecule has 2 fully saturated rings. The molecule has 0 aromatic carbocycles. The number of hydrogen-bond acceptors (Lipinski definition) is 3. The van der Waals surface area contributed by atoms with Gasteiger partial charge in [-0.25, -0.2) is 0 Å². The van der Waals surface area contributed by atoms with Gasteiger partial charge in [-0.1, -0.05) is 19.3 Å². The lowest BCUT2D eigenvalue weighted by atomic mass is 9.84. The quantitative estimate of drug-likeness (QED) is 0.833. The zero-order valence-corrected chi connectivity index (χ0v) is 12.5. The number of rotatable bonds is 5. The Kier molecular flexibility index (Phi) is 5.64. The first-order chi connectivity index (χ1) is 8.72. The van der Waals surface area contributed by atoms with E-state index in [1.165, 1.54) is 32.1 Å². The van der Waals surface area contributed by atoms with Gasteiger partial charge in [-0.05, 0) is 39.2 Å². The Morgan fingerprint density at radius 3 is 2.56 bits per heavy atom. The molecule has 0 radical (unpaired) electrons. The summed E-state index contributed by atoms with van der Waals surface area (Å²) in [5.41, 5.74) is 0. The molecular formula is C14H27NO2S. The fourth-order valence-corrected chi connectivity index (χ4v) is 5.25. The van der Waals surface area contributed by atoms with Gasteiger partial charge in [0, 0.05) is 29.2 Å². The first kappa shape index (κ1) is 14.5. The highest BCUT2D eigenvalue weighted by Gasteiger charge is 2.32. The van der Waals surface area contributed by atoms with E-state index >= 15 is 0 Å². The van der Waals surface area contributed by atoms with Crippen LogP contribution in [0.4, 0.5) is 0 Å². The van der Waals surface area contributed by atoms with Gasteiger partial charge < -0.3 is 10.1 Å². The monoisotopic (exact) mass is 273 g/mol. The summed E-state index contributed by atoms with van der Waals surface area (Å²) < 4.78 is 18.0. The Morgan fingerprint density at radius 2 is 2.00 bits per heavy atom. The van der Waals surface area contributed by atoms with Crippen LogP contribution < -0.4 is 5.32 Å². The highest BCUT2D eigenvalue weighted by molar-refractivity contribution is 7.85. The minimum atomic E-state index is -0.745. The minimum Gasteiger partial charge on any atom is -0.377 e. The van der Waals surface area contributed by atoms with Gasteiger partial charge >= 0.3 is 0 Å². The maximum atomic E-state index is 12.5. The Bertz CT molecular complexity index is 279. The van der Waals surface area contributed by atoms with E-state index in [1.807, 2.05) is 7.05 Å². The SMILES string of the molecule is CNC(CS(=O)C1CCOC1C)C1CCCCC1. The van der Waals surface area contributed by atoms with Crippen molar-refractivity contribution in [3.8, 4) is 0 Å². The molecule has 1 saturated heterocycles. The maximum absolute atomic E-state index is 12.5. The van der Waals surface area contributed by atoms with Gasteiger partial charge in [0.25, 0.3) is 0 Å². The van der Waals surface area contributed by atoms with Gasteiger partial charge in [0.05, 0.1) is 11.4 Å². The van der Waals surface area contributed by atoms with Crippen molar-refractivity contribution in [1.29, 1.82) is 0 Å². The third-order valence-electron chi connectivity index (χ3n) is 4.58. The molecular weight excluding hydrogens is 246 g/mol. The van der Waals surface area contributed by atoms with Crippen LogP contribution in [0.25, 0.3) is 0 Å². The molecule has 1 N–H and O–H groups in total. The molecule has 1 aliphatic heterocycles. The van der Waals surface area contributed by atoms with Crippen molar-refractivity contribution in [3.05, 3.63) is 0 Å². The lowest BCUT2D eigenvalue weighted by Crippen LogP contribution is -2.41. The fourth-order valence-electron chi connectivity index (χ4n) is 3.35. The van der Waals surface area contributed by atoms with Gasteiger partial charge in [0.15, 0.2) is 0 Å². The summed E-state index contributed by atoms with van der Waals surface area (Å²) in [5.74, 6) is 1.53. The Labute approximate surface area is 114 Å². The Hall–Kier alpha value is 0.0700. The summed E-state index contributed by atoms with van der Waals surface area (Å²) >= 11 is 0. The average molecular weight is 273 g/mol. The van der Waals surface area contributed by atoms with Crippen molar-refractivity contribution in [1.82, 2.24) is 5.32 Å². The minimum absolute atomic E-state index is 0.176. The van der Waals surface area contributed by atoms with Crippen molar-refractivity contribution in [3.63, 3.8) is 0 Å². The predicted molar refractivity (Wildman–Crippen MR) is 76.3 cm³/mol. The molecule has 0 bridgehead atoms. The van der Waals surface area contributed by atoms with E-state index in [0.717, 1.165) is 24.7 Å². The van der Waals surface area contributed by atoms with Crippen LogP contribution in [0.2, 0.25) is 0 Å². The average Bonchev–Trinajstić information content (AvgIpc) is 2.83. The van der Waals surface area contributed by atoms with E-state index in [4.69, 9.17) is 4.74 Å². The lowest BCUT2D eigenvalue weighted by molar-refractivity contribution is 0.127. The van der Waals surface area contributed by atoms with Crippen molar-refractivity contribution in [2.24, 2.45) is 5.92 Å². The van der Waals surface area contributed by atoms with Crippen molar-refractivity contribution in [2.45, 2.75) is 62.8 Å². The van der Waals surface area contributed by atoms with Crippen molar-refractivity contribution >= 4 is 10.8 Å². The first-order valence-corrected chi connectivity index (χ1v) is 8.76. The second-order valence-electron chi connectivity index (χ2n) is 5.74. The first-order valence-electron chi connectivity index (χ1n) is 7.38. The maximum Gasteiger partial charge on any atom is 0.0691 e. The summed E-state index contributed by atoms with van der Waals surface area (Å²) in [6.07, 6.45) is 7.82. The standard InChI is InChI=1S/C14H27NO2S/c1-11-14(8-9-17-11)18(16)10-13(15-2)12-6-4-3-5-7-12/h11-15H,3-10H2,1-2H3. The van der Waals surface area contributed by atoms with Crippen LogP contribution in [0.15, 0.2) is 0 Å². The topological polar surface area (TPSA) is 38.3 Å². The van der Waals surface area contributed by atoms with Crippen molar-refractivity contribution in [2.75, 3.05) is 19.4 Å². The van der Waals surface area contributed by atoms with E-state index in [-0.39, 0.29) is 11.4 Å². The number of nitrogens with one attached hydrogen (secondary N) is 1. The zero-order chi connectivity index (χ0) is 13.0. The second-order valence-corrected chi connectivity index (χ2v) is 7.44. The Morgan fingerprint density at radius 1 is 1.28 bits per heavy atom. The smallest absolute Gasteiger partial charge is 0.0691 e. The molecule has 1 heterocycles. The summed E-state index contributed by atoms with van der Waals surface area (Å²) in [6, 6.07) is 0.430. The van der Waals surface area contributed by atoms with Crippen LogP contribution in [0, 0.1) is 5.92 Å². The molecule has 4 unspecified atom stereocenters. The van der Waals surface area contributed by atoms with Gasteiger partial charge in [-0.15, -0.1) is 0 Å². The number of ether oxygens (including phenoxy) is 1. The molecule has 4 heteroatoms. The lowest BCUT2D eigenvalue weighted by Gasteiger charge is -2.30. The normalized spacial score (nSPS) is 33.4. The summed E-state index contributed by atoms with van der Waals surface area (Å²) in [4.78, 5) is 0. The molecule has 4 atom stereocenters. The molecule has 0 aromatic rings. The molecule has 106 valence electrons. The van der Waals surface area contributed by atoms with Crippen LogP contribution in [0.5, 0.6) is 0 Å². The molecule has 18 heavy (non-hydrogen) atoms. The summed E-state index contributed by atoms with van der Waals surface area (Å²) in [5, 5.41) is 3.66. The molecule has 1 aliphatic carbocycles. The second kappa shape index (κ2) is 7.01. The predicted octanol–water partition coefficient (Wildman–Crippen LogP) is 2.08. The van der Waals surface area contributed by atoms with E-state index in [9.17, 15) is 4.21 Å². The van der Waals surface area contributed by atoms with E-state index < -0.39 is 10.8 Å². The van der Waals surface area contributed by atoms with Crippen LogP contribution in [0.1, 0.15) is 45.4 Å². The third kappa shape index (κ3) is 3.55. The van der Waals surface area contributed by atoms with Gasteiger partial charge in [0.2, 0.25) is 0 Å². The van der Waals surface area contributed by atoms with Crippen LogP contribution in [-0.2, 0) is 15.5 Å². The largest absolute Gasteiger partial charge is 0.377 e. The molecule has 2 aliphatic rings. The molecule has 0 spiro atoms. The van der Waals surface area contributed by atoms with Gasteiger partial charge in [-0.3, -0.25) is 4.21 Å². The summed E-state index contributed by atoms with van der Waals surface area (Å²) in [6.45, 7) is 2.84. The van der Waals surface area contributed by atoms with Crippen LogP contribution >= 0.6 is 0 Å². The van der Waals surface area contributed by atoms with Gasteiger partial charge in [0.1, 0.15) is 0 Å². The Balaban J connectivity index is 1.86. The molecule has 1 saturated carbocycles. The fraction of sp³-hybridized carbons (Fsp3) is 1.00. The van der Waals surface area contributed by atoms with E-state index in [2.05, 4.69) is 12.2 Å². The highest BCUT2D eigenvalue weighted by atomic mass is 32.2. The van der Waals surface area contributed by atoms with E-state index in [0.29, 0.717) is 6.04 Å².